The van der Waals surface area contributed by atoms with Gasteiger partial charge in [-0.2, -0.15) is 0 Å². The first-order valence-corrected chi connectivity index (χ1v) is 15.9. The topological polar surface area (TPSA) is 152 Å². The number of carbonyl (C=O) groups excluding carboxylic acids is 3. The van der Waals surface area contributed by atoms with Gasteiger partial charge in [0.1, 0.15) is 11.8 Å². The average Bonchev–Trinajstić information content (AvgIpc) is 3.17. The number of rotatable bonds is 14. The summed E-state index contributed by atoms with van der Waals surface area (Å²) in [7, 11) is 1.60. The van der Waals surface area contributed by atoms with Crippen molar-refractivity contribution < 1.29 is 29.3 Å². The maximum atomic E-state index is 14.0. The van der Waals surface area contributed by atoms with E-state index in [-0.39, 0.29) is 37.4 Å². The molecule has 252 valence electrons. The number of nitrogens with one attached hydrogen (secondary N) is 4. The van der Waals surface area contributed by atoms with E-state index in [1.54, 1.807) is 18.9 Å². The molecule has 4 rings (SSSR count). The second kappa shape index (κ2) is 16.4. The number of nitrogens with zero attached hydrogens (tertiary/aromatic N) is 1. The molecule has 0 fully saturated rings. The third-order valence-corrected chi connectivity index (χ3v) is 8.11. The van der Waals surface area contributed by atoms with Gasteiger partial charge < -0.3 is 41.1 Å². The van der Waals surface area contributed by atoms with Crippen molar-refractivity contribution in [3.63, 3.8) is 0 Å². The predicted octanol–water partition coefficient (Wildman–Crippen LogP) is 2.86. The van der Waals surface area contributed by atoms with E-state index in [0.29, 0.717) is 38.3 Å². The fourth-order valence-electron chi connectivity index (χ4n) is 5.64. The third kappa shape index (κ3) is 10.3. The minimum absolute atomic E-state index is 0.127. The van der Waals surface area contributed by atoms with Crippen LogP contribution in [0.1, 0.15) is 49.4 Å². The third-order valence-electron chi connectivity index (χ3n) is 8.11. The van der Waals surface area contributed by atoms with Crippen LogP contribution in [0.2, 0.25) is 0 Å². The monoisotopic (exact) mass is 645 g/mol. The lowest BCUT2D eigenvalue weighted by Crippen LogP contribution is -2.51. The van der Waals surface area contributed by atoms with Gasteiger partial charge in [-0.05, 0) is 66.3 Å². The minimum atomic E-state index is -0.753. The van der Waals surface area contributed by atoms with Gasteiger partial charge in [0.25, 0.3) is 0 Å². The summed E-state index contributed by atoms with van der Waals surface area (Å²) in [6.45, 7) is 6.95. The highest BCUT2D eigenvalue weighted by Gasteiger charge is 2.32. The number of hydrogen-bond acceptors (Lipinski definition) is 7. The standard InChI is InChI=1S/C36H47N5O6/c1-24(43)20-39-36(2,3)19-33(44)40-32-18-29-17-30(47-4)14-13-28(29)23-41(34(32)45)22-25-9-11-26(12-10-25)31-8-6-5-7-27(31)21-38-35(46)37-15-16-42/h5-14,17,24,32,39,42-43H,15-16,18-23H2,1-4H3,(H,40,44)(H2,37,38,46)/t24-,32-/m1/s1. The van der Waals surface area contributed by atoms with Crippen molar-refractivity contribution in [2.45, 2.75) is 70.9 Å². The van der Waals surface area contributed by atoms with E-state index in [1.807, 2.05) is 80.6 Å². The first kappa shape index (κ1) is 35.4. The Labute approximate surface area is 276 Å². The summed E-state index contributed by atoms with van der Waals surface area (Å²) in [6, 6.07) is 20.5. The summed E-state index contributed by atoms with van der Waals surface area (Å²) >= 11 is 0. The second-order valence-corrected chi connectivity index (χ2v) is 12.6. The molecule has 0 radical (unpaired) electrons. The Morgan fingerprint density at radius 3 is 2.49 bits per heavy atom. The van der Waals surface area contributed by atoms with Crippen molar-refractivity contribution in [1.82, 2.24) is 26.2 Å². The quantitative estimate of drug-likeness (QED) is 0.158. The summed E-state index contributed by atoms with van der Waals surface area (Å²) in [6.07, 6.45) is -0.0605. The number of carbonyl (C=O) groups is 3. The zero-order chi connectivity index (χ0) is 34.0. The Morgan fingerprint density at radius 1 is 1.04 bits per heavy atom. The second-order valence-electron chi connectivity index (χ2n) is 12.6. The molecule has 0 bridgehead atoms. The van der Waals surface area contributed by atoms with Gasteiger partial charge in [-0.15, -0.1) is 0 Å². The molecule has 47 heavy (non-hydrogen) atoms. The Kier molecular flexibility index (Phi) is 12.4. The summed E-state index contributed by atoms with van der Waals surface area (Å²) in [5.74, 6) is 0.277. The molecule has 11 nitrogen and oxygen atoms in total. The van der Waals surface area contributed by atoms with Crippen LogP contribution in [0.5, 0.6) is 5.75 Å². The lowest BCUT2D eigenvalue weighted by molar-refractivity contribution is -0.137. The molecular weight excluding hydrogens is 598 g/mol. The Balaban J connectivity index is 1.51. The van der Waals surface area contributed by atoms with Gasteiger partial charge in [0, 0.05) is 51.1 Å². The molecular formula is C36H47N5O6. The van der Waals surface area contributed by atoms with E-state index in [4.69, 9.17) is 9.84 Å². The predicted molar refractivity (Wildman–Crippen MR) is 180 cm³/mol. The van der Waals surface area contributed by atoms with Gasteiger partial charge in [-0.3, -0.25) is 9.59 Å². The van der Waals surface area contributed by atoms with Crippen LogP contribution < -0.4 is 26.0 Å². The molecule has 1 aliphatic rings. The molecule has 2 atom stereocenters. The Morgan fingerprint density at radius 2 is 1.79 bits per heavy atom. The van der Waals surface area contributed by atoms with Crippen LogP contribution in [0, 0.1) is 0 Å². The van der Waals surface area contributed by atoms with Gasteiger partial charge >= 0.3 is 6.03 Å². The van der Waals surface area contributed by atoms with Crippen LogP contribution in [-0.4, -0.2) is 77.4 Å². The molecule has 0 spiro atoms. The van der Waals surface area contributed by atoms with Crippen LogP contribution >= 0.6 is 0 Å². The van der Waals surface area contributed by atoms with Crippen molar-refractivity contribution in [2.24, 2.45) is 0 Å². The number of methoxy groups -OCH3 is 1. The van der Waals surface area contributed by atoms with Crippen molar-refractivity contribution in [3.05, 3.63) is 89.0 Å². The molecule has 4 amide bonds. The van der Waals surface area contributed by atoms with E-state index in [9.17, 15) is 19.5 Å². The number of fused-ring (bicyclic) bond motifs is 1. The van der Waals surface area contributed by atoms with Crippen molar-refractivity contribution >= 4 is 17.8 Å². The van der Waals surface area contributed by atoms with E-state index in [0.717, 1.165) is 33.4 Å². The number of aliphatic hydroxyl groups is 2. The molecule has 0 aromatic heterocycles. The van der Waals surface area contributed by atoms with Gasteiger partial charge in [-0.1, -0.05) is 54.6 Å². The summed E-state index contributed by atoms with van der Waals surface area (Å²) in [5.41, 5.74) is 5.20. The van der Waals surface area contributed by atoms with Crippen molar-refractivity contribution in [1.29, 1.82) is 0 Å². The lowest BCUT2D eigenvalue weighted by atomic mass is 9.98. The van der Waals surface area contributed by atoms with Crippen LogP contribution in [0.4, 0.5) is 4.79 Å². The lowest BCUT2D eigenvalue weighted by Gasteiger charge is -2.29. The minimum Gasteiger partial charge on any atom is -0.497 e. The maximum Gasteiger partial charge on any atom is 0.315 e. The molecule has 1 aliphatic heterocycles. The first-order valence-electron chi connectivity index (χ1n) is 15.9. The largest absolute Gasteiger partial charge is 0.497 e. The van der Waals surface area contributed by atoms with E-state index in [2.05, 4.69) is 21.3 Å². The van der Waals surface area contributed by atoms with Gasteiger partial charge in [0.15, 0.2) is 0 Å². The molecule has 3 aromatic rings. The fourth-order valence-corrected chi connectivity index (χ4v) is 5.64. The molecule has 11 heteroatoms. The maximum absolute atomic E-state index is 14.0. The Hall–Kier alpha value is -4.45. The summed E-state index contributed by atoms with van der Waals surface area (Å²) < 4.78 is 5.45. The first-order chi connectivity index (χ1) is 22.5. The summed E-state index contributed by atoms with van der Waals surface area (Å²) in [5, 5.41) is 30.2. The van der Waals surface area contributed by atoms with Gasteiger partial charge in [0.2, 0.25) is 11.8 Å². The van der Waals surface area contributed by atoms with Crippen LogP contribution in [-0.2, 0) is 35.6 Å². The van der Waals surface area contributed by atoms with Gasteiger partial charge in [0.05, 0.1) is 19.8 Å². The van der Waals surface area contributed by atoms with Gasteiger partial charge in [-0.25, -0.2) is 4.79 Å². The zero-order valence-electron chi connectivity index (χ0n) is 27.6. The number of ether oxygens (including phenoxy) is 1. The highest BCUT2D eigenvalue weighted by Crippen LogP contribution is 2.28. The van der Waals surface area contributed by atoms with E-state index in [1.165, 1.54) is 0 Å². The Bertz CT molecular complexity index is 1520. The molecule has 1 heterocycles. The smallest absolute Gasteiger partial charge is 0.315 e. The highest BCUT2D eigenvalue weighted by molar-refractivity contribution is 5.89. The van der Waals surface area contributed by atoms with Crippen LogP contribution in [0.3, 0.4) is 0 Å². The van der Waals surface area contributed by atoms with E-state index < -0.39 is 17.7 Å². The van der Waals surface area contributed by atoms with Crippen LogP contribution in [0.15, 0.2) is 66.7 Å². The molecule has 0 saturated carbocycles. The number of urea groups is 1. The molecule has 3 aromatic carbocycles. The molecule has 0 saturated heterocycles. The fraction of sp³-hybridized carbons (Fsp3) is 0.417. The summed E-state index contributed by atoms with van der Waals surface area (Å²) in [4.78, 5) is 41.0. The van der Waals surface area contributed by atoms with Crippen molar-refractivity contribution in [3.8, 4) is 16.9 Å². The van der Waals surface area contributed by atoms with Crippen molar-refractivity contribution in [2.75, 3.05) is 26.8 Å². The number of aliphatic hydroxyl groups excluding tert-OH is 2. The normalized spacial score (nSPS) is 15.3. The molecule has 0 unspecified atom stereocenters. The zero-order valence-corrected chi connectivity index (χ0v) is 27.6. The number of benzene rings is 3. The molecule has 0 aliphatic carbocycles. The average molecular weight is 646 g/mol. The van der Waals surface area contributed by atoms with Crippen LogP contribution in [0.25, 0.3) is 11.1 Å². The molecule has 6 N–H and O–H groups in total. The number of hydrogen-bond donors (Lipinski definition) is 6. The SMILES string of the molecule is COc1ccc2c(c1)C[C@@H](NC(=O)CC(C)(C)NC[C@@H](C)O)C(=O)N(Cc1ccc(-c3ccccc3CNC(=O)NCCO)cc1)C2. The highest BCUT2D eigenvalue weighted by atomic mass is 16.5. The van der Waals surface area contributed by atoms with E-state index >= 15 is 0 Å². The number of amides is 4. The number of β-amino-alcohol motifs (C(OH)–C–C–N with tert-alkyl or cyclic N) is 1.